The summed E-state index contributed by atoms with van der Waals surface area (Å²) < 4.78 is 11.5. The van der Waals surface area contributed by atoms with Crippen LogP contribution in [0.3, 0.4) is 0 Å². The van der Waals surface area contributed by atoms with Crippen LogP contribution in [0.2, 0.25) is 0 Å². The molecule has 2 aromatic carbocycles. The van der Waals surface area contributed by atoms with Gasteiger partial charge in [0.15, 0.2) is 11.5 Å². The van der Waals surface area contributed by atoms with Crippen LogP contribution < -0.4 is 25.4 Å². The molecule has 3 rings (SSSR count). The number of hydrogen-bond donors (Lipinski definition) is 3. The quantitative estimate of drug-likeness (QED) is 0.572. The van der Waals surface area contributed by atoms with Crippen molar-refractivity contribution >= 4 is 11.9 Å². The molecule has 164 valence electrons. The van der Waals surface area contributed by atoms with Gasteiger partial charge in [-0.3, -0.25) is 4.79 Å². The van der Waals surface area contributed by atoms with Gasteiger partial charge in [-0.15, -0.1) is 0 Å². The molecule has 7 heteroatoms. The first-order chi connectivity index (χ1) is 15.0. The van der Waals surface area contributed by atoms with Crippen molar-refractivity contribution in [1.82, 2.24) is 16.0 Å². The molecule has 1 atom stereocenters. The predicted octanol–water partition coefficient (Wildman–Crippen LogP) is 3.82. The monoisotopic (exact) mass is 423 g/mol. The van der Waals surface area contributed by atoms with Gasteiger partial charge in [0.25, 0.3) is 5.91 Å². The molecule has 1 aliphatic heterocycles. The summed E-state index contributed by atoms with van der Waals surface area (Å²) in [5, 5.41) is 8.51. The number of ether oxygens (including phenoxy) is 2. The Morgan fingerprint density at radius 3 is 2.55 bits per heavy atom. The first-order valence-electron chi connectivity index (χ1n) is 10.5. The summed E-state index contributed by atoms with van der Waals surface area (Å²) in [4.78, 5) is 25.3. The second-order valence-corrected chi connectivity index (χ2v) is 7.23. The maximum Gasteiger partial charge on any atom is 0.319 e. The lowest BCUT2D eigenvalue weighted by Gasteiger charge is -2.29. The Morgan fingerprint density at radius 2 is 1.84 bits per heavy atom. The lowest BCUT2D eigenvalue weighted by molar-refractivity contribution is -0.118. The molecule has 0 saturated heterocycles. The van der Waals surface area contributed by atoms with Crippen molar-refractivity contribution < 1.29 is 19.1 Å². The molecule has 3 amide bonds. The van der Waals surface area contributed by atoms with Crippen LogP contribution in [0.15, 0.2) is 59.8 Å². The van der Waals surface area contributed by atoms with E-state index in [1.807, 2.05) is 62.4 Å². The van der Waals surface area contributed by atoms with Gasteiger partial charge in [0.05, 0.1) is 24.8 Å². The van der Waals surface area contributed by atoms with Gasteiger partial charge < -0.3 is 25.4 Å². The molecule has 3 N–H and O–H groups in total. The van der Waals surface area contributed by atoms with Crippen LogP contribution in [0.5, 0.6) is 11.5 Å². The molecule has 0 aromatic heterocycles. The maximum absolute atomic E-state index is 13.1. The molecule has 0 fully saturated rings. The lowest BCUT2D eigenvalue weighted by Crippen LogP contribution is -2.46. The number of carbonyl (C=O) groups excluding carboxylic acids is 2. The zero-order valence-corrected chi connectivity index (χ0v) is 18.2. The average Bonchev–Trinajstić information content (AvgIpc) is 2.77. The largest absolute Gasteiger partial charge is 0.490 e. The Bertz CT molecular complexity index is 957. The van der Waals surface area contributed by atoms with E-state index in [1.165, 1.54) is 0 Å². The summed E-state index contributed by atoms with van der Waals surface area (Å²) in [5.41, 5.74) is 2.71. The summed E-state index contributed by atoms with van der Waals surface area (Å²) in [7, 11) is 0. The molecular weight excluding hydrogens is 394 g/mol. The number of benzene rings is 2. The molecule has 31 heavy (non-hydrogen) atoms. The predicted molar refractivity (Wildman–Crippen MR) is 119 cm³/mol. The molecule has 0 unspecified atom stereocenters. The molecule has 1 heterocycles. The molecule has 1 aliphatic rings. The zero-order valence-electron chi connectivity index (χ0n) is 18.2. The fourth-order valence-corrected chi connectivity index (χ4v) is 3.42. The summed E-state index contributed by atoms with van der Waals surface area (Å²) >= 11 is 0. The Balaban J connectivity index is 1.88. The van der Waals surface area contributed by atoms with Crippen LogP contribution >= 0.6 is 0 Å². The normalized spacial score (nSPS) is 15.7. The third-order valence-corrected chi connectivity index (χ3v) is 4.87. The number of urea groups is 1. The smallest absolute Gasteiger partial charge is 0.319 e. The van der Waals surface area contributed by atoms with E-state index in [1.54, 1.807) is 6.92 Å². The third kappa shape index (κ3) is 5.57. The summed E-state index contributed by atoms with van der Waals surface area (Å²) in [6, 6.07) is 14.2. The topological polar surface area (TPSA) is 88.7 Å². The van der Waals surface area contributed by atoms with E-state index < -0.39 is 6.04 Å². The van der Waals surface area contributed by atoms with Gasteiger partial charge in [0.2, 0.25) is 0 Å². The molecule has 0 saturated carbocycles. The van der Waals surface area contributed by atoms with E-state index in [-0.39, 0.29) is 11.9 Å². The van der Waals surface area contributed by atoms with Gasteiger partial charge in [-0.2, -0.15) is 0 Å². The van der Waals surface area contributed by atoms with Crippen molar-refractivity contribution in [2.24, 2.45) is 0 Å². The van der Waals surface area contributed by atoms with E-state index in [2.05, 4.69) is 16.0 Å². The van der Waals surface area contributed by atoms with Gasteiger partial charge in [-0.25, -0.2) is 4.79 Å². The molecular formula is C24H29N3O4. The Kier molecular flexibility index (Phi) is 7.54. The first-order valence-corrected chi connectivity index (χ1v) is 10.5. The number of amides is 3. The highest BCUT2D eigenvalue weighted by molar-refractivity contribution is 5.98. The first kappa shape index (κ1) is 22.2. The van der Waals surface area contributed by atoms with E-state index in [0.717, 1.165) is 17.5 Å². The summed E-state index contributed by atoms with van der Waals surface area (Å²) in [6.45, 7) is 7.11. The van der Waals surface area contributed by atoms with Crippen LogP contribution in [-0.4, -0.2) is 25.2 Å². The average molecular weight is 424 g/mol. The fourth-order valence-electron chi connectivity index (χ4n) is 3.42. The van der Waals surface area contributed by atoms with Crippen LogP contribution in [0.4, 0.5) is 4.79 Å². The number of carbonyl (C=O) groups is 2. The number of allylic oxidation sites excluding steroid dienone is 1. The van der Waals surface area contributed by atoms with Crippen LogP contribution in [-0.2, 0) is 11.3 Å². The van der Waals surface area contributed by atoms with Crippen molar-refractivity contribution in [2.75, 3.05) is 13.2 Å². The Labute approximate surface area is 182 Å². The highest BCUT2D eigenvalue weighted by Crippen LogP contribution is 2.34. The van der Waals surface area contributed by atoms with Crippen LogP contribution in [0, 0.1) is 0 Å². The molecule has 0 bridgehead atoms. The van der Waals surface area contributed by atoms with E-state index in [0.29, 0.717) is 42.5 Å². The molecule has 0 radical (unpaired) electrons. The van der Waals surface area contributed by atoms with E-state index in [9.17, 15) is 9.59 Å². The van der Waals surface area contributed by atoms with Crippen molar-refractivity contribution in [3.05, 3.63) is 70.9 Å². The maximum atomic E-state index is 13.1. The van der Waals surface area contributed by atoms with Crippen molar-refractivity contribution in [3.8, 4) is 11.5 Å². The second kappa shape index (κ2) is 10.5. The van der Waals surface area contributed by atoms with Gasteiger partial charge >= 0.3 is 6.03 Å². The Hall–Kier alpha value is -3.48. The molecule has 7 nitrogen and oxygen atoms in total. The third-order valence-electron chi connectivity index (χ3n) is 4.87. The highest BCUT2D eigenvalue weighted by Gasteiger charge is 2.31. The SMILES string of the molecule is CCCOc1ccc([C@@H]2NC(=O)NC(C)=C2C(=O)NCc2ccccc2)cc1OCC. The number of nitrogens with one attached hydrogen (secondary N) is 3. The summed E-state index contributed by atoms with van der Waals surface area (Å²) in [6.07, 6.45) is 0.880. The highest BCUT2D eigenvalue weighted by atomic mass is 16.5. The van der Waals surface area contributed by atoms with E-state index in [4.69, 9.17) is 9.47 Å². The van der Waals surface area contributed by atoms with Gasteiger partial charge in [-0.05, 0) is 43.5 Å². The van der Waals surface area contributed by atoms with Gasteiger partial charge in [0.1, 0.15) is 0 Å². The van der Waals surface area contributed by atoms with Crippen molar-refractivity contribution in [2.45, 2.75) is 39.8 Å². The number of hydrogen-bond acceptors (Lipinski definition) is 4. The minimum Gasteiger partial charge on any atom is -0.490 e. The fraction of sp³-hybridized carbons (Fsp3) is 0.333. The number of rotatable bonds is 9. The van der Waals surface area contributed by atoms with Gasteiger partial charge in [0, 0.05) is 12.2 Å². The molecule has 0 spiro atoms. The van der Waals surface area contributed by atoms with Crippen LogP contribution in [0.1, 0.15) is 44.4 Å². The minimum absolute atomic E-state index is 0.247. The van der Waals surface area contributed by atoms with Crippen molar-refractivity contribution in [1.29, 1.82) is 0 Å². The second-order valence-electron chi connectivity index (χ2n) is 7.23. The van der Waals surface area contributed by atoms with E-state index >= 15 is 0 Å². The Morgan fingerprint density at radius 1 is 1.06 bits per heavy atom. The zero-order chi connectivity index (χ0) is 22.2. The van der Waals surface area contributed by atoms with Crippen LogP contribution in [0.25, 0.3) is 0 Å². The summed E-state index contributed by atoms with van der Waals surface area (Å²) in [5.74, 6) is 0.981. The standard InChI is InChI=1S/C24H29N3O4/c1-4-13-31-19-12-11-18(14-20(19)30-5-2)22-21(16(3)26-24(29)27-22)23(28)25-15-17-9-7-6-8-10-17/h6-12,14,22H,4-5,13,15H2,1-3H3,(H,25,28)(H2,26,27,29)/t22-/m0/s1. The molecule has 2 aromatic rings. The van der Waals surface area contributed by atoms with Crippen molar-refractivity contribution in [3.63, 3.8) is 0 Å². The molecule has 0 aliphatic carbocycles. The van der Waals surface area contributed by atoms with Gasteiger partial charge in [-0.1, -0.05) is 43.3 Å². The minimum atomic E-state index is -0.607. The lowest BCUT2D eigenvalue weighted by atomic mass is 9.94.